The Hall–Kier alpha value is -4.04. The van der Waals surface area contributed by atoms with Crippen LogP contribution in [-0.4, -0.2) is 28.3 Å². The fourth-order valence-electron chi connectivity index (χ4n) is 3.67. The molecule has 8 heteroatoms. The molecule has 1 aliphatic heterocycles. The number of carbonyl (C=O) groups excluding carboxylic acids is 2. The first-order valence-electron chi connectivity index (χ1n) is 10.6. The van der Waals surface area contributed by atoms with E-state index in [1.165, 1.54) is 30.2 Å². The van der Waals surface area contributed by atoms with Gasteiger partial charge < -0.3 is 10.6 Å². The molecule has 34 heavy (non-hydrogen) atoms. The summed E-state index contributed by atoms with van der Waals surface area (Å²) in [5.41, 5.74) is 4.32. The van der Waals surface area contributed by atoms with Crippen LogP contribution in [0.5, 0.6) is 0 Å². The number of benzene rings is 3. The number of aromatic nitrogens is 2. The molecule has 168 valence electrons. The first kappa shape index (κ1) is 21.8. The van der Waals surface area contributed by atoms with Gasteiger partial charge in [0.05, 0.1) is 11.3 Å². The number of hydrogen-bond acceptors (Lipinski definition) is 5. The van der Waals surface area contributed by atoms with Gasteiger partial charge in [-0.2, -0.15) is 0 Å². The minimum absolute atomic E-state index is 0.229. The zero-order valence-electron chi connectivity index (χ0n) is 17.9. The van der Waals surface area contributed by atoms with Crippen molar-refractivity contribution in [2.45, 2.75) is 16.2 Å². The second-order valence-electron chi connectivity index (χ2n) is 7.74. The van der Waals surface area contributed by atoms with E-state index in [9.17, 15) is 14.0 Å². The van der Waals surface area contributed by atoms with Gasteiger partial charge >= 0.3 is 0 Å². The summed E-state index contributed by atoms with van der Waals surface area (Å²) in [4.78, 5) is 34.8. The first-order chi connectivity index (χ1) is 16.6. The predicted octanol–water partition coefficient (Wildman–Crippen LogP) is 4.97. The third kappa shape index (κ3) is 4.67. The second-order valence-corrected chi connectivity index (χ2v) is 8.82. The van der Waals surface area contributed by atoms with Gasteiger partial charge in [0.2, 0.25) is 0 Å². The quantitative estimate of drug-likeness (QED) is 0.430. The molecule has 2 amide bonds. The van der Waals surface area contributed by atoms with Gasteiger partial charge in [0.25, 0.3) is 11.8 Å². The minimum Gasteiger partial charge on any atom is -0.352 e. The molecule has 0 unspecified atom stereocenters. The number of anilines is 1. The van der Waals surface area contributed by atoms with E-state index < -0.39 is 11.7 Å². The number of rotatable bonds is 5. The van der Waals surface area contributed by atoms with Crippen LogP contribution in [-0.2, 0) is 6.42 Å². The van der Waals surface area contributed by atoms with Crippen molar-refractivity contribution in [3.05, 3.63) is 102 Å². The summed E-state index contributed by atoms with van der Waals surface area (Å²) in [5.74, 6) is -1.10. The Kier molecular flexibility index (Phi) is 6.05. The monoisotopic (exact) mass is 470 g/mol. The summed E-state index contributed by atoms with van der Waals surface area (Å²) in [6, 6.07) is 17.3. The maximum Gasteiger partial charge on any atom is 0.256 e. The van der Waals surface area contributed by atoms with E-state index in [0.717, 1.165) is 21.6 Å². The SMILES string of the molecule is O=C(NCCc1ccc(-c2cncnc2)cc1)c1ccc2c(c1)NC(=O)c1cc(F)ccc1S2. The number of carbonyl (C=O) groups is 2. The molecule has 0 aliphatic carbocycles. The Morgan fingerprint density at radius 2 is 1.71 bits per heavy atom. The Labute approximate surface area is 199 Å². The second kappa shape index (κ2) is 9.44. The summed E-state index contributed by atoms with van der Waals surface area (Å²) in [6.45, 7) is 0.468. The number of amides is 2. The van der Waals surface area contributed by atoms with Gasteiger partial charge in [-0.25, -0.2) is 14.4 Å². The fraction of sp³-hybridized carbons (Fsp3) is 0.0769. The molecule has 0 atom stereocenters. The highest BCUT2D eigenvalue weighted by molar-refractivity contribution is 7.99. The average Bonchev–Trinajstić information content (AvgIpc) is 3.00. The zero-order chi connectivity index (χ0) is 23.5. The number of halogens is 1. The third-order valence-electron chi connectivity index (χ3n) is 5.44. The van der Waals surface area contributed by atoms with Crippen molar-refractivity contribution in [1.29, 1.82) is 0 Å². The van der Waals surface area contributed by atoms with Crippen molar-refractivity contribution in [3.8, 4) is 11.1 Å². The van der Waals surface area contributed by atoms with Crippen molar-refractivity contribution < 1.29 is 14.0 Å². The van der Waals surface area contributed by atoms with E-state index in [2.05, 4.69) is 20.6 Å². The number of nitrogens with one attached hydrogen (secondary N) is 2. The minimum atomic E-state index is -0.468. The largest absolute Gasteiger partial charge is 0.352 e. The lowest BCUT2D eigenvalue weighted by Gasteiger charge is -2.10. The highest BCUT2D eigenvalue weighted by Gasteiger charge is 2.21. The highest BCUT2D eigenvalue weighted by Crippen LogP contribution is 2.39. The summed E-state index contributed by atoms with van der Waals surface area (Å²) >= 11 is 1.36. The third-order valence-corrected chi connectivity index (χ3v) is 6.59. The summed E-state index contributed by atoms with van der Waals surface area (Å²) in [5, 5.41) is 5.71. The van der Waals surface area contributed by atoms with Crippen molar-refractivity contribution in [1.82, 2.24) is 15.3 Å². The zero-order valence-corrected chi connectivity index (χ0v) is 18.7. The smallest absolute Gasteiger partial charge is 0.256 e. The predicted molar refractivity (Wildman–Crippen MR) is 128 cm³/mol. The van der Waals surface area contributed by atoms with E-state index in [1.807, 2.05) is 24.3 Å². The van der Waals surface area contributed by atoms with E-state index in [0.29, 0.717) is 29.1 Å². The van der Waals surface area contributed by atoms with Crippen molar-refractivity contribution >= 4 is 29.3 Å². The topological polar surface area (TPSA) is 84.0 Å². The lowest BCUT2D eigenvalue weighted by molar-refractivity contribution is 0.0952. The van der Waals surface area contributed by atoms with Crippen LogP contribution in [0, 0.1) is 5.82 Å². The Bertz CT molecular complexity index is 1380. The molecular formula is C26H19FN4O2S. The Balaban J connectivity index is 1.22. The number of hydrogen-bond donors (Lipinski definition) is 2. The lowest BCUT2D eigenvalue weighted by atomic mass is 10.1. The molecule has 2 heterocycles. The molecule has 1 aromatic heterocycles. The summed E-state index contributed by atoms with van der Waals surface area (Å²) in [6.07, 6.45) is 5.70. The van der Waals surface area contributed by atoms with E-state index in [1.54, 1.807) is 36.7 Å². The first-order valence-corrected chi connectivity index (χ1v) is 11.4. The highest BCUT2D eigenvalue weighted by atomic mass is 32.2. The maximum absolute atomic E-state index is 13.6. The van der Waals surface area contributed by atoms with Gasteiger partial charge in [0, 0.05) is 39.9 Å². The van der Waals surface area contributed by atoms with Crippen LogP contribution < -0.4 is 10.6 Å². The van der Waals surface area contributed by atoms with Crippen LogP contribution in [0.3, 0.4) is 0 Å². The van der Waals surface area contributed by atoms with E-state index in [-0.39, 0.29) is 11.5 Å². The molecule has 0 saturated heterocycles. The number of fused-ring (bicyclic) bond motifs is 2. The molecule has 5 rings (SSSR count). The normalized spacial score (nSPS) is 12.2. The molecule has 0 spiro atoms. The van der Waals surface area contributed by atoms with Gasteiger partial charge in [-0.1, -0.05) is 36.0 Å². The van der Waals surface area contributed by atoms with Crippen LogP contribution in [0.1, 0.15) is 26.3 Å². The summed E-state index contributed by atoms with van der Waals surface area (Å²) < 4.78 is 13.6. The van der Waals surface area contributed by atoms with Crippen molar-refractivity contribution in [2.24, 2.45) is 0 Å². The summed E-state index contributed by atoms with van der Waals surface area (Å²) in [7, 11) is 0. The molecule has 0 radical (unpaired) electrons. The van der Waals surface area contributed by atoms with Gasteiger partial charge in [-0.3, -0.25) is 9.59 Å². The molecule has 0 saturated carbocycles. The standard InChI is InChI=1S/C26H19FN4O2S/c27-20-6-8-23-21(12-20)26(33)31-22-11-18(5-7-24(22)34-23)25(32)30-10-9-16-1-3-17(4-2-16)19-13-28-15-29-14-19/h1-8,11-15H,9-10H2,(H,30,32)(H,31,33). The molecule has 3 aromatic carbocycles. The average molecular weight is 471 g/mol. The molecule has 1 aliphatic rings. The van der Waals surface area contributed by atoms with Crippen LogP contribution in [0.4, 0.5) is 10.1 Å². The van der Waals surface area contributed by atoms with Crippen LogP contribution in [0.25, 0.3) is 11.1 Å². The Morgan fingerprint density at radius 3 is 2.50 bits per heavy atom. The van der Waals surface area contributed by atoms with Gasteiger partial charge in [0.1, 0.15) is 12.1 Å². The fourth-order valence-corrected chi connectivity index (χ4v) is 4.66. The molecule has 0 fully saturated rings. The van der Waals surface area contributed by atoms with Crippen LogP contribution >= 0.6 is 11.8 Å². The van der Waals surface area contributed by atoms with Gasteiger partial charge in [-0.05, 0) is 53.9 Å². The molecule has 6 nitrogen and oxygen atoms in total. The van der Waals surface area contributed by atoms with Crippen molar-refractivity contribution in [3.63, 3.8) is 0 Å². The van der Waals surface area contributed by atoms with E-state index in [4.69, 9.17) is 0 Å². The molecule has 0 bridgehead atoms. The van der Waals surface area contributed by atoms with Gasteiger partial charge in [0.15, 0.2) is 0 Å². The van der Waals surface area contributed by atoms with E-state index >= 15 is 0 Å². The van der Waals surface area contributed by atoms with Crippen LogP contribution in [0.2, 0.25) is 0 Å². The van der Waals surface area contributed by atoms with Crippen molar-refractivity contribution in [2.75, 3.05) is 11.9 Å². The lowest BCUT2D eigenvalue weighted by Crippen LogP contribution is -2.25. The van der Waals surface area contributed by atoms with Gasteiger partial charge in [-0.15, -0.1) is 0 Å². The Morgan fingerprint density at radius 1 is 0.941 bits per heavy atom. The maximum atomic E-state index is 13.6. The molecule has 4 aromatic rings. The molecular weight excluding hydrogens is 451 g/mol. The van der Waals surface area contributed by atoms with Crippen LogP contribution in [0.15, 0.2) is 89.2 Å². The number of nitrogens with zero attached hydrogens (tertiary/aromatic N) is 2. The molecule has 2 N–H and O–H groups in total.